The van der Waals surface area contributed by atoms with Crippen molar-refractivity contribution in [2.75, 3.05) is 14.2 Å². The smallest absolute Gasteiger partial charge is 0.357 e. The first kappa shape index (κ1) is 23.6. The summed E-state index contributed by atoms with van der Waals surface area (Å²) in [5.41, 5.74) is 1.25. The molecule has 0 aliphatic carbocycles. The van der Waals surface area contributed by atoms with E-state index in [0.29, 0.717) is 16.8 Å². The van der Waals surface area contributed by atoms with Crippen LogP contribution >= 0.6 is 0 Å². The number of hydrogen-bond acceptors (Lipinski definition) is 6. The van der Waals surface area contributed by atoms with Crippen LogP contribution in [0, 0.1) is 11.6 Å². The minimum Gasteiger partial charge on any atom is -0.483 e. The zero-order valence-electron chi connectivity index (χ0n) is 18.8. The molecule has 0 saturated heterocycles. The molecular formula is C26H20F2N2O5. The Hall–Kier alpha value is -4.53. The molecule has 0 spiro atoms. The summed E-state index contributed by atoms with van der Waals surface area (Å²) in [6, 6.07) is 18.8. The summed E-state index contributed by atoms with van der Waals surface area (Å²) in [6.07, 6.45) is 0. The van der Waals surface area contributed by atoms with Gasteiger partial charge in [0.1, 0.15) is 17.9 Å². The average molecular weight is 478 g/mol. The molecule has 0 N–H and O–H groups in total. The van der Waals surface area contributed by atoms with Crippen LogP contribution in [0.3, 0.4) is 0 Å². The van der Waals surface area contributed by atoms with Gasteiger partial charge < -0.3 is 14.2 Å². The van der Waals surface area contributed by atoms with Gasteiger partial charge in [-0.2, -0.15) is 5.10 Å². The summed E-state index contributed by atoms with van der Waals surface area (Å²) in [5.74, 6) is -3.83. The van der Waals surface area contributed by atoms with E-state index >= 15 is 0 Å². The van der Waals surface area contributed by atoms with Gasteiger partial charge >= 0.3 is 11.9 Å². The van der Waals surface area contributed by atoms with Crippen molar-refractivity contribution >= 4 is 11.9 Å². The predicted molar refractivity (Wildman–Crippen MR) is 122 cm³/mol. The average Bonchev–Trinajstić information content (AvgIpc) is 3.29. The van der Waals surface area contributed by atoms with Crippen molar-refractivity contribution in [3.05, 3.63) is 101 Å². The monoisotopic (exact) mass is 478 g/mol. The zero-order valence-corrected chi connectivity index (χ0v) is 18.8. The maximum atomic E-state index is 14.1. The number of hydrogen-bond donors (Lipinski definition) is 0. The number of halogens is 2. The molecule has 0 aliphatic heterocycles. The molecule has 0 radical (unpaired) electrons. The van der Waals surface area contributed by atoms with Gasteiger partial charge in [0.25, 0.3) is 0 Å². The van der Waals surface area contributed by atoms with E-state index in [1.54, 1.807) is 54.6 Å². The molecule has 4 aromatic rings. The molecule has 0 aliphatic rings. The molecule has 0 unspecified atom stereocenters. The van der Waals surface area contributed by atoms with Gasteiger partial charge in [-0.1, -0.05) is 48.5 Å². The Bertz CT molecular complexity index is 1370. The zero-order chi connectivity index (χ0) is 24.9. The third kappa shape index (κ3) is 4.61. The molecule has 1 heterocycles. The SMILES string of the molecule is COC(=O)c1c(-c2ccccc2COc2c(F)cccc2F)nn(-c2ccccc2)c1C(=O)OC. The first-order valence-electron chi connectivity index (χ1n) is 10.5. The van der Waals surface area contributed by atoms with E-state index in [2.05, 4.69) is 5.10 Å². The number of ether oxygens (including phenoxy) is 3. The molecule has 0 saturated carbocycles. The summed E-state index contributed by atoms with van der Waals surface area (Å²) in [7, 11) is 2.37. The van der Waals surface area contributed by atoms with Crippen molar-refractivity contribution in [2.24, 2.45) is 0 Å². The lowest BCUT2D eigenvalue weighted by atomic mass is 10.0. The maximum absolute atomic E-state index is 14.1. The van der Waals surface area contributed by atoms with E-state index in [4.69, 9.17) is 14.2 Å². The predicted octanol–water partition coefficient (Wildman–Crippen LogP) is 4.97. The topological polar surface area (TPSA) is 79.7 Å². The molecule has 178 valence electrons. The van der Waals surface area contributed by atoms with Gasteiger partial charge in [-0.25, -0.2) is 23.1 Å². The van der Waals surface area contributed by atoms with Crippen LogP contribution in [0.15, 0.2) is 72.8 Å². The van der Waals surface area contributed by atoms with Crippen molar-refractivity contribution in [2.45, 2.75) is 6.61 Å². The normalized spacial score (nSPS) is 10.6. The van der Waals surface area contributed by atoms with Crippen LogP contribution in [-0.4, -0.2) is 35.9 Å². The number of benzene rings is 3. The van der Waals surface area contributed by atoms with Crippen LogP contribution in [0.5, 0.6) is 5.75 Å². The number of aromatic nitrogens is 2. The molecular weight excluding hydrogens is 458 g/mol. The first-order chi connectivity index (χ1) is 17.0. The Morgan fingerprint density at radius 1 is 0.829 bits per heavy atom. The van der Waals surface area contributed by atoms with Crippen molar-refractivity contribution in [1.82, 2.24) is 9.78 Å². The van der Waals surface area contributed by atoms with Crippen molar-refractivity contribution in [3.8, 4) is 22.7 Å². The lowest BCUT2D eigenvalue weighted by Crippen LogP contribution is -2.15. The largest absolute Gasteiger partial charge is 0.483 e. The van der Waals surface area contributed by atoms with E-state index in [-0.39, 0.29) is 23.6 Å². The standard InChI is InChI=1S/C26H20F2N2O5/c1-33-25(31)21-22(29-30(23(21)26(32)34-2)17-10-4-3-5-11-17)18-12-7-6-9-16(18)15-35-24-19(27)13-8-14-20(24)28/h3-14H,15H2,1-2H3. The molecule has 1 aromatic heterocycles. The fraction of sp³-hybridized carbons (Fsp3) is 0.115. The van der Waals surface area contributed by atoms with Crippen molar-refractivity contribution < 1.29 is 32.6 Å². The number of carbonyl (C=O) groups excluding carboxylic acids is 2. The summed E-state index contributed by atoms with van der Waals surface area (Å²) in [5, 5.41) is 4.55. The minimum atomic E-state index is -0.848. The third-order valence-electron chi connectivity index (χ3n) is 5.22. The van der Waals surface area contributed by atoms with Crippen LogP contribution < -0.4 is 4.74 Å². The van der Waals surface area contributed by atoms with E-state index in [9.17, 15) is 18.4 Å². The highest BCUT2D eigenvalue weighted by Crippen LogP contribution is 2.32. The highest BCUT2D eigenvalue weighted by atomic mass is 19.1. The van der Waals surface area contributed by atoms with E-state index in [1.807, 2.05) is 0 Å². The number of rotatable bonds is 7. The van der Waals surface area contributed by atoms with Crippen molar-refractivity contribution in [1.29, 1.82) is 0 Å². The van der Waals surface area contributed by atoms with E-state index in [0.717, 1.165) is 12.1 Å². The highest BCUT2D eigenvalue weighted by molar-refractivity contribution is 6.07. The Morgan fingerprint density at radius 2 is 1.46 bits per heavy atom. The van der Waals surface area contributed by atoms with Crippen molar-refractivity contribution in [3.63, 3.8) is 0 Å². The number of esters is 2. The van der Waals surface area contributed by atoms with Crippen LogP contribution in [0.2, 0.25) is 0 Å². The fourth-order valence-corrected chi connectivity index (χ4v) is 3.59. The number of nitrogens with zero attached hydrogens (tertiary/aromatic N) is 2. The number of carbonyl (C=O) groups is 2. The minimum absolute atomic E-state index is 0.118. The van der Waals surface area contributed by atoms with Crippen LogP contribution in [0.4, 0.5) is 8.78 Å². The molecule has 9 heteroatoms. The number of para-hydroxylation sites is 2. The molecule has 0 amide bonds. The lowest BCUT2D eigenvalue weighted by Gasteiger charge is -2.12. The summed E-state index contributed by atoms with van der Waals surface area (Å²) in [4.78, 5) is 25.6. The Morgan fingerprint density at radius 3 is 2.11 bits per heavy atom. The molecule has 7 nitrogen and oxygen atoms in total. The molecule has 0 fully saturated rings. The third-order valence-corrected chi connectivity index (χ3v) is 5.22. The summed E-state index contributed by atoms with van der Waals surface area (Å²) in [6.45, 7) is -0.236. The maximum Gasteiger partial charge on any atom is 0.357 e. The highest BCUT2D eigenvalue weighted by Gasteiger charge is 2.32. The second-order valence-electron chi connectivity index (χ2n) is 7.30. The Balaban J connectivity index is 1.88. The fourth-order valence-electron chi connectivity index (χ4n) is 3.59. The van der Waals surface area contributed by atoms with E-state index < -0.39 is 29.3 Å². The first-order valence-corrected chi connectivity index (χ1v) is 10.5. The van der Waals surface area contributed by atoms with Crippen LogP contribution in [0.25, 0.3) is 16.9 Å². The second-order valence-corrected chi connectivity index (χ2v) is 7.30. The van der Waals surface area contributed by atoms with E-state index in [1.165, 1.54) is 25.0 Å². The van der Waals surface area contributed by atoms with Gasteiger partial charge in [-0.05, 0) is 29.8 Å². The molecule has 35 heavy (non-hydrogen) atoms. The van der Waals surface area contributed by atoms with Gasteiger partial charge in [0.05, 0.1) is 19.9 Å². The van der Waals surface area contributed by atoms with Gasteiger partial charge in [0.2, 0.25) is 0 Å². The molecule has 0 atom stereocenters. The Kier molecular flexibility index (Phi) is 6.86. The lowest BCUT2D eigenvalue weighted by molar-refractivity contribution is 0.0549. The molecule has 0 bridgehead atoms. The number of methoxy groups -OCH3 is 2. The molecule has 4 rings (SSSR count). The van der Waals surface area contributed by atoms with Crippen LogP contribution in [-0.2, 0) is 16.1 Å². The van der Waals surface area contributed by atoms with Gasteiger partial charge in [-0.15, -0.1) is 0 Å². The van der Waals surface area contributed by atoms with Gasteiger partial charge in [0.15, 0.2) is 23.1 Å². The summed E-state index contributed by atoms with van der Waals surface area (Å²) >= 11 is 0. The van der Waals surface area contributed by atoms with Crippen LogP contribution in [0.1, 0.15) is 26.4 Å². The second kappa shape index (κ2) is 10.2. The summed E-state index contributed by atoms with van der Waals surface area (Å²) < 4.78 is 44.8. The van der Waals surface area contributed by atoms with Gasteiger partial charge in [-0.3, -0.25) is 0 Å². The van der Waals surface area contributed by atoms with Gasteiger partial charge in [0, 0.05) is 5.56 Å². The Labute approximate surface area is 199 Å². The molecule has 3 aromatic carbocycles. The quantitative estimate of drug-likeness (QED) is 0.349.